The van der Waals surface area contributed by atoms with Crippen LogP contribution < -0.4 is 0 Å². The minimum Gasteiger partial charge on any atom is -0.421 e. The smallest absolute Gasteiger partial charge is 0.350 e. The van der Waals surface area contributed by atoms with Crippen molar-refractivity contribution in [3.05, 3.63) is 28.5 Å². The Kier molecular flexibility index (Phi) is 3.83. The van der Waals surface area contributed by atoms with E-state index in [9.17, 15) is 14.0 Å². The van der Waals surface area contributed by atoms with Gasteiger partial charge in [-0.3, -0.25) is 0 Å². The lowest BCUT2D eigenvalue weighted by Gasteiger charge is -2.35. The van der Waals surface area contributed by atoms with E-state index in [1.54, 1.807) is 0 Å². The van der Waals surface area contributed by atoms with E-state index in [1.165, 1.54) is 39.0 Å². The monoisotopic (exact) mass is 358 g/mol. The first kappa shape index (κ1) is 15.6. The van der Waals surface area contributed by atoms with Crippen molar-refractivity contribution in [2.75, 3.05) is 0 Å². The highest BCUT2D eigenvalue weighted by Crippen LogP contribution is 2.32. The zero-order valence-electron chi connectivity index (χ0n) is 11.5. The van der Waals surface area contributed by atoms with Gasteiger partial charge < -0.3 is 9.47 Å². The molecule has 1 saturated heterocycles. The van der Waals surface area contributed by atoms with Gasteiger partial charge in [-0.15, -0.1) is 0 Å². The van der Waals surface area contributed by atoms with E-state index in [2.05, 4.69) is 26.2 Å². The summed E-state index contributed by atoms with van der Waals surface area (Å²) >= 11 is 3.11. The third-order valence-electron chi connectivity index (χ3n) is 2.74. The average Bonchev–Trinajstić information content (AvgIpc) is 2.34. The second kappa shape index (κ2) is 5.18. The van der Waals surface area contributed by atoms with Crippen LogP contribution in [0, 0.1) is 5.82 Å². The van der Waals surface area contributed by atoms with Crippen molar-refractivity contribution in [1.82, 2.24) is 0 Å². The molecule has 1 aliphatic rings. The van der Waals surface area contributed by atoms with Crippen molar-refractivity contribution in [2.24, 2.45) is 10.2 Å². The van der Waals surface area contributed by atoms with Gasteiger partial charge in [0.2, 0.25) is 0 Å². The predicted molar refractivity (Wildman–Crippen MR) is 73.3 cm³/mol. The van der Waals surface area contributed by atoms with Crippen LogP contribution in [0.4, 0.5) is 10.1 Å². The van der Waals surface area contributed by atoms with Crippen molar-refractivity contribution in [3.63, 3.8) is 0 Å². The van der Waals surface area contributed by atoms with Gasteiger partial charge >= 0.3 is 11.9 Å². The first-order valence-corrected chi connectivity index (χ1v) is 6.78. The third kappa shape index (κ3) is 3.10. The standard InChI is InChI=1S/C13H12BrFN2O4/c1-12(2)20-10(18)13(3,11(19)21-12)17-16-9-5-4-7(15)6-8(9)14/h4-6H,1-3H3/b17-16+. The van der Waals surface area contributed by atoms with Gasteiger partial charge in [0, 0.05) is 18.3 Å². The molecule has 0 saturated carbocycles. The van der Waals surface area contributed by atoms with Crippen molar-refractivity contribution in [2.45, 2.75) is 32.1 Å². The van der Waals surface area contributed by atoms with Gasteiger partial charge in [0.15, 0.2) is 0 Å². The number of azo groups is 1. The number of hydrogen-bond donors (Lipinski definition) is 0. The summed E-state index contributed by atoms with van der Waals surface area (Å²) in [4.78, 5) is 23.9. The summed E-state index contributed by atoms with van der Waals surface area (Å²) in [6.07, 6.45) is 0. The molecule has 0 N–H and O–H groups in total. The van der Waals surface area contributed by atoms with Crippen LogP contribution in [0.2, 0.25) is 0 Å². The Morgan fingerprint density at radius 1 is 1.14 bits per heavy atom. The molecule has 1 aliphatic heterocycles. The number of carbonyl (C=O) groups is 2. The minimum atomic E-state index is -1.89. The first-order chi connectivity index (χ1) is 9.64. The van der Waals surface area contributed by atoms with E-state index in [0.29, 0.717) is 4.47 Å². The lowest BCUT2D eigenvalue weighted by atomic mass is 10.0. The van der Waals surface area contributed by atoms with Crippen molar-refractivity contribution < 1.29 is 23.5 Å². The summed E-state index contributed by atoms with van der Waals surface area (Å²) in [6, 6.07) is 3.73. The van der Waals surface area contributed by atoms with Gasteiger partial charge in [-0.2, -0.15) is 10.2 Å². The molecule has 0 atom stereocenters. The predicted octanol–water partition coefficient (Wildman–Crippen LogP) is 3.27. The van der Waals surface area contributed by atoms with E-state index in [0.717, 1.165) is 0 Å². The zero-order chi connectivity index (χ0) is 15.8. The maximum absolute atomic E-state index is 13.0. The van der Waals surface area contributed by atoms with E-state index < -0.39 is 29.1 Å². The van der Waals surface area contributed by atoms with Crippen LogP contribution in [0.5, 0.6) is 0 Å². The lowest BCUT2D eigenvalue weighted by molar-refractivity contribution is -0.241. The number of ether oxygens (including phenoxy) is 2. The Balaban J connectivity index is 2.30. The van der Waals surface area contributed by atoms with E-state index in [-0.39, 0.29) is 5.69 Å². The number of cyclic esters (lactones) is 2. The Hall–Kier alpha value is -1.83. The minimum absolute atomic E-state index is 0.267. The number of carbonyl (C=O) groups excluding carboxylic acids is 2. The van der Waals surface area contributed by atoms with Gasteiger partial charge in [-0.1, -0.05) is 0 Å². The molecule has 0 aliphatic carbocycles. The number of hydrogen-bond acceptors (Lipinski definition) is 6. The topological polar surface area (TPSA) is 77.3 Å². The lowest BCUT2D eigenvalue weighted by Crippen LogP contribution is -2.55. The Morgan fingerprint density at radius 2 is 1.71 bits per heavy atom. The molecule has 1 aromatic carbocycles. The van der Waals surface area contributed by atoms with Gasteiger partial charge in [0.05, 0.1) is 5.69 Å². The molecular weight excluding hydrogens is 347 g/mol. The molecule has 21 heavy (non-hydrogen) atoms. The van der Waals surface area contributed by atoms with Crippen LogP contribution in [0.15, 0.2) is 32.9 Å². The molecule has 0 bridgehead atoms. The number of nitrogens with zero attached hydrogens (tertiary/aromatic N) is 2. The molecule has 1 aromatic rings. The number of benzene rings is 1. The molecule has 2 rings (SSSR count). The summed E-state index contributed by atoms with van der Waals surface area (Å²) in [5.74, 6) is -3.50. The highest BCUT2D eigenvalue weighted by Gasteiger charge is 2.54. The molecule has 0 unspecified atom stereocenters. The number of rotatable bonds is 2. The van der Waals surface area contributed by atoms with E-state index in [1.807, 2.05) is 0 Å². The van der Waals surface area contributed by atoms with E-state index >= 15 is 0 Å². The normalized spacial score (nSPS) is 20.2. The van der Waals surface area contributed by atoms with Crippen LogP contribution in [-0.2, 0) is 19.1 Å². The molecule has 112 valence electrons. The molecule has 1 fully saturated rings. The summed E-state index contributed by atoms with van der Waals surface area (Å²) < 4.78 is 23.3. The third-order valence-corrected chi connectivity index (χ3v) is 3.37. The molecule has 6 nitrogen and oxygen atoms in total. The Labute approximate surface area is 128 Å². The maximum atomic E-state index is 13.0. The second-order valence-electron chi connectivity index (χ2n) is 5.05. The Morgan fingerprint density at radius 3 is 2.24 bits per heavy atom. The number of halogens is 2. The summed E-state index contributed by atoms with van der Waals surface area (Å²) in [5.41, 5.74) is -1.62. The zero-order valence-corrected chi connectivity index (χ0v) is 13.1. The van der Waals surface area contributed by atoms with Crippen LogP contribution in [0.25, 0.3) is 0 Å². The molecule has 1 heterocycles. The fourth-order valence-corrected chi connectivity index (χ4v) is 1.98. The molecule has 8 heteroatoms. The summed E-state index contributed by atoms with van der Waals surface area (Å²) in [7, 11) is 0. The molecule has 0 amide bonds. The highest BCUT2D eigenvalue weighted by molar-refractivity contribution is 9.10. The largest absolute Gasteiger partial charge is 0.421 e. The maximum Gasteiger partial charge on any atom is 0.350 e. The quantitative estimate of drug-likeness (QED) is 0.461. The van der Waals surface area contributed by atoms with Crippen molar-refractivity contribution >= 4 is 33.6 Å². The van der Waals surface area contributed by atoms with Gasteiger partial charge in [-0.25, -0.2) is 14.0 Å². The second-order valence-corrected chi connectivity index (χ2v) is 5.90. The molecule has 0 radical (unpaired) electrons. The van der Waals surface area contributed by atoms with Gasteiger partial charge in [0.25, 0.3) is 11.3 Å². The average molecular weight is 359 g/mol. The van der Waals surface area contributed by atoms with Gasteiger partial charge in [0.1, 0.15) is 5.82 Å². The molecule has 0 aromatic heterocycles. The van der Waals surface area contributed by atoms with Crippen molar-refractivity contribution in [1.29, 1.82) is 0 Å². The van der Waals surface area contributed by atoms with E-state index in [4.69, 9.17) is 9.47 Å². The molecule has 0 spiro atoms. The van der Waals surface area contributed by atoms with Crippen molar-refractivity contribution in [3.8, 4) is 0 Å². The Bertz CT molecular complexity index is 625. The van der Waals surface area contributed by atoms with Gasteiger partial charge in [-0.05, 0) is 41.1 Å². The van der Waals surface area contributed by atoms with Crippen LogP contribution >= 0.6 is 15.9 Å². The summed E-state index contributed by atoms with van der Waals surface area (Å²) in [6.45, 7) is 4.13. The number of esters is 2. The SMILES string of the molecule is CC1(C)OC(=O)C(C)(/N=N/c2ccc(F)cc2Br)C(=O)O1. The fourth-order valence-electron chi connectivity index (χ4n) is 1.55. The highest BCUT2D eigenvalue weighted by atomic mass is 79.9. The first-order valence-electron chi connectivity index (χ1n) is 5.99. The van der Waals surface area contributed by atoms with Crippen LogP contribution in [0.3, 0.4) is 0 Å². The summed E-state index contributed by atoms with van der Waals surface area (Å²) in [5, 5.41) is 7.53. The van der Waals surface area contributed by atoms with Crippen LogP contribution in [0.1, 0.15) is 20.8 Å². The molecular formula is C13H12BrFN2O4. The fraction of sp³-hybridized carbons (Fsp3) is 0.385. The van der Waals surface area contributed by atoms with Crippen LogP contribution in [-0.4, -0.2) is 23.3 Å².